The number of methoxy groups -OCH3 is 2. The van der Waals surface area contributed by atoms with E-state index < -0.39 is 12.0 Å². The predicted octanol–water partition coefficient (Wildman–Crippen LogP) is 3.31. The van der Waals surface area contributed by atoms with Gasteiger partial charge in [-0.25, -0.2) is 9.79 Å². The second kappa shape index (κ2) is 8.26. The quantitative estimate of drug-likeness (QED) is 0.701. The summed E-state index contributed by atoms with van der Waals surface area (Å²) in [5.74, 6) is 1.22. The van der Waals surface area contributed by atoms with Crippen LogP contribution in [0, 0.1) is 0 Å². The van der Waals surface area contributed by atoms with Crippen LogP contribution in [-0.4, -0.2) is 48.0 Å². The molecule has 1 amide bonds. The third-order valence-electron chi connectivity index (χ3n) is 4.49. The molecule has 0 aliphatic carbocycles. The van der Waals surface area contributed by atoms with Crippen molar-refractivity contribution in [3.8, 4) is 11.5 Å². The number of rotatable bonds is 5. The molecule has 2 heterocycles. The number of nitrogens with zero attached hydrogens (tertiary/aromatic N) is 2. The van der Waals surface area contributed by atoms with Crippen molar-refractivity contribution in [3.05, 3.63) is 35.0 Å². The van der Waals surface area contributed by atoms with Gasteiger partial charge in [0.2, 0.25) is 5.91 Å². The molecule has 0 bridgehead atoms. The van der Waals surface area contributed by atoms with Crippen molar-refractivity contribution in [1.82, 2.24) is 4.90 Å². The summed E-state index contributed by atoms with van der Waals surface area (Å²) in [6.07, 6.45) is 0.106. The van der Waals surface area contributed by atoms with E-state index in [0.717, 1.165) is 5.56 Å². The Labute approximate surface area is 168 Å². The monoisotopic (exact) mass is 404 g/mol. The Balaban J connectivity index is 2.16. The van der Waals surface area contributed by atoms with E-state index in [-0.39, 0.29) is 12.0 Å². The minimum Gasteiger partial charge on any atom is -0.493 e. The zero-order valence-corrected chi connectivity index (χ0v) is 17.5. The molecule has 0 aromatic heterocycles. The minimum absolute atomic E-state index is 0.0698. The van der Waals surface area contributed by atoms with Crippen molar-refractivity contribution in [1.29, 1.82) is 0 Å². The Bertz CT molecular complexity index is 862. The van der Waals surface area contributed by atoms with Crippen LogP contribution in [0.1, 0.15) is 38.8 Å². The number of fused-ring (bicyclic) bond motifs is 1. The largest absolute Gasteiger partial charge is 0.493 e. The number of thioether (sulfide) groups is 1. The third-order valence-corrected chi connectivity index (χ3v) is 5.45. The van der Waals surface area contributed by atoms with Crippen LogP contribution in [0.3, 0.4) is 0 Å². The molecule has 1 saturated heterocycles. The lowest BCUT2D eigenvalue weighted by atomic mass is 9.93. The van der Waals surface area contributed by atoms with Crippen LogP contribution in [0.4, 0.5) is 0 Å². The summed E-state index contributed by atoms with van der Waals surface area (Å²) in [4.78, 5) is 31.8. The molecule has 1 fully saturated rings. The highest BCUT2D eigenvalue weighted by Crippen LogP contribution is 2.42. The number of benzene rings is 1. The fourth-order valence-corrected chi connectivity index (χ4v) is 4.28. The zero-order valence-electron chi connectivity index (χ0n) is 16.6. The molecule has 0 radical (unpaired) electrons. The van der Waals surface area contributed by atoms with Crippen molar-refractivity contribution >= 4 is 28.8 Å². The molecule has 8 heteroatoms. The summed E-state index contributed by atoms with van der Waals surface area (Å²) in [7, 11) is 3.11. The van der Waals surface area contributed by atoms with E-state index in [1.165, 1.54) is 11.8 Å². The first-order valence-electron chi connectivity index (χ1n) is 9.04. The van der Waals surface area contributed by atoms with Crippen LogP contribution < -0.4 is 9.47 Å². The van der Waals surface area contributed by atoms with Crippen molar-refractivity contribution in [2.75, 3.05) is 20.0 Å². The highest BCUT2D eigenvalue weighted by Gasteiger charge is 2.42. The number of carbonyl (C=O) groups excluding carboxylic acids is 2. The molecule has 0 N–H and O–H groups in total. The molecule has 0 unspecified atom stereocenters. The van der Waals surface area contributed by atoms with Gasteiger partial charge >= 0.3 is 5.97 Å². The highest BCUT2D eigenvalue weighted by molar-refractivity contribution is 8.14. The molecular formula is C20H24N2O5S. The molecule has 1 aromatic carbocycles. The van der Waals surface area contributed by atoms with Gasteiger partial charge in [-0.15, -0.1) is 0 Å². The van der Waals surface area contributed by atoms with E-state index in [9.17, 15) is 9.59 Å². The van der Waals surface area contributed by atoms with E-state index in [1.54, 1.807) is 52.0 Å². The van der Waals surface area contributed by atoms with Crippen molar-refractivity contribution in [2.45, 2.75) is 39.3 Å². The van der Waals surface area contributed by atoms with Crippen LogP contribution in [0.5, 0.6) is 11.5 Å². The van der Waals surface area contributed by atoms with Gasteiger partial charge in [0.1, 0.15) is 0 Å². The molecule has 0 spiro atoms. The van der Waals surface area contributed by atoms with Crippen molar-refractivity contribution in [3.63, 3.8) is 0 Å². The van der Waals surface area contributed by atoms with E-state index in [1.807, 2.05) is 6.07 Å². The van der Waals surface area contributed by atoms with Gasteiger partial charge in [-0.3, -0.25) is 9.69 Å². The first-order chi connectivity index (χ1) is 13.4. The molecule has 2 aliphatic heterocycles. The number of esters is 1. The second-order valence-corrected chi connectivity index (χ2v) is 7.79. The van der Waals surface area contributed by atoms with Gasteiger partial charge in [0.15, 0.2) is 16.7 Å². The number of hydrogen-bond donors (Lipinski definition) is 0. The number of amides is 1. The van der Waals surface area contributed by atoms with Gasteiger partial charge in [0, 0.05) is 12.2 Å². The maximum Gasteiger partial charge on any atom is 0.338 e. The summed E-state index contributed by atoms with van der Waals surface area (Å²) in [5.41, 5.74) is 1.65. The summed E-state index contributed by atoms with van der Waals surface area (Å²) >= 11 is 1.51. The highest BCUT2D eigenvalue weighted by atomic mass is 32.2. The third kappa shape index (κ3) is 3.73. The van der Waals surface area contributed by atoms with Gasteiger partial charge in [-0.1, -0.05) is 17.8 Å². The molecule has 3 rings (SSSR count). The van der Waals surface area contributed by atoms with Crippen LogP contribution in [0.2, 0.25) is 0 Å². The molecule has 1 aromatic rings. The number of amidine groups is 1. The predicted molar refractivity (Wildman–Crippen MR) is 108 cm³/mol. The average molecular weight is 404 g/mol. The fourth-order valence-electron chi connectivity index (χ4n) is 3.27. The van der Waals surface area contributed by atoms with Crippen LogP contribution in [0.15, 0.2) is 34.5 Å². The van der Waals surface area contributed by atoms with Crippen molar-refractivity contribution < 1.29 is 23.8 Å². The van der Waals surface area contributed by atoms with E-state index in [0.29, 0.717) is 40.1 Å². The van der Waals surface area contributed by atoms with Gasteiger partial charge < -0.3 is 14.2 Å². The second-order valence-electron chi connectivity index (χ2n) is 6.73. The first-order valence-corrected chi connectivity index (χ1v) is 10.0. The van der Waals surface area contributed by atoms with E-state index in [4.69, 9.17) is 14.2 Å². The van der Waals surface area contributed by atoms with E-state index >= 15 is 0 Å². The molecule has 7 nitrogen and oxygen atoms in total. The lowest BCUT2D eigenvalue weighted by Crippen LogP contribution is -2.46. The average Bonchev–Trinajstić information content (AvgIpc) is 2.65. The van der Waals surface area contributed by atoms with Crippen LogP contribution in [0.25, 0.3) is 0 Å². The smallest absolute Gasteiger partial charge is 0.338 e. The molecular weight excluding hydrogens is 380 g/mol. The number of carbonyl (C=O) groups is 2. The summed E-state index contributed by atoms with van der Waals surface area (Å²) < 4.78 is 16.2. The standard InChI is InChI=1S/C20H24N2O5S/c1-11(2)27-19(24)17-12(3)21-20-22(16(23)8-9-28-20)18(17)13-6-7-14(25-4)15(10-13)26-5/h6-7,10-11,18H,8-9H2,1-5H3/t18-/m1/s1. The fraction of sp³-hybridized carbons (Fsp3) is 0.450. The van der Waals surface area contributed by atoms with Crippen LogP contribution >= 0.6 is 11.8 Å². The normalized spacial score (nSPS) is 19.4. The SMILES string of the molecule is COc1ccc([C@@H]2C(C(=O)OC(C)C)=C(C)N=C3SCCC(=O)N32)cc1OC. The maximum atomic E-state index is 12.9. The summed E-state index contributed by atoms with van der Waals surface area (Å²) in [6, 6.07) is 4.76. The maximum absolute atomic E-state index is 12.9. The zero-order chi connectivity index (χ0) is 20.4. The topological polar surface area (TPSA) is 77.4 Å². The molecule has 1 atom stereocenters. The van der Waals surface area contributed by atoms with Crippen molar-refractivity contribution in [2.24, 2.45) is 4.99 Å². The summed E-state index contributed by atoms with van der Waals surface area (Å²) in [5, 5.41) is 0.606. The molecule has 0 saturated carbocycles. The van der Waals surface area contributed by atoms with Gasteiger partial charge in [0.25, 0.3) is 0 Å². The summed E-state index contributed by atoms with van der Waals surface area (Å²) in [6.45, 7) is 5.35. The van der Waals surface area contributed by atoms with Gasteiger partial charge in [-0.05, 0) is 38.5 Å². The molecule has 150 valence electrons. The van der Waals surface area contributed by atoms with Gasteiger partial charge in [0.05, 0.1) is 37.6 Å². The lowest BCUT2D eigenvalue weighted by Gasteiger charge is -2.39. The first kappa shape index (κ1) is 20.3. The Morgan fingerprint density at radius 2 is 1.96 bits per heavy atom. The Hall–Kier alpha value is -2.48. The number of allylic oxidation sites excluding steroid dienone is 1. The molecule has 2 aliphatic rings. The number of aliphatic imine (C=N–C) groups is 1. The number of ether oxygens (including phenoxy) is 3. The Morgan fingerprint density at radius 3 is 2.61 bits per heavy atom. The number of hydrogen-bond acceptors (Lipinski definition) is 7. The van der Waals surface area contributed by atoms with Crippen LogP contribution in [-0.2, 0) is 14.3 Å². The lowest BCUT2D eigenvalue weighted by molar-refractivity contribution is -0.143. The Kier molecular flexibility index (Phi) is 5.98. The van der Waals surface area contributed by atoms with E-state index in [2.05, 4.69) is 4.99 Å². The molecule has 28 heavy (non-hydrogen) atoms. The van der Waals surface area contributed by atoms with Gasteiger partial charge in [-0.2, -0.15) is 0 Å². The minimum atomic E-state index is -0.626. The Morgan fingerprint density at radius 1 is 1.25 bits per heavy atom.